The second-order valence-corrected chi connectivity index (χ2v) is 5.14. The summed E-state index contributed by atoms with van der Waals surface area (Å²) in [5, 5.41) is 1.15. The van der Waals surface area contributed by atoms with E-state index < -0.39 is 0 Å². The van der Waals surface area contributed by atoms with Gasteiger partial charge in [-0.25, -0.2) is 4.79 Å². The zero-order chi connectivity index (χ0) is 16.1. The van der Waals surface area contributed by atoms with E-state index in [-0.39, 0.29) is 5.97 Å². The SMILES string of the molecule is C=C/C=C(\C=C/C)Cc1cn(C)c2cc(C(=O)OC)ccc12. The summed E-state index contributed by atoms with van der Waals surface area (Å²) in [6.45, 7) is 5.77. The average Bonchev–Trinajstić information content (AvgIpc) is 2.83. The normalized spacial score (nSPS) is 12.0. The third-order valence-corrected chi connectivity index (χ3v) is 3.60. The van der Waals surface area contributed by atoms with Gasteiger partial charge in [0.05, 0.1) is 12.7 Å². The number of nitrogens with zero attached hydrogens (tertiary/aromatic N) is 1. The first-order chi connectivity index (χ1) is 10.6. The number of benzene rings is 1. The molecule has 0 N–H and O–H groups in total. The van der Waals surface area contributed by atoms with E-state index in [1.54, 1.807) is 6.08 Å². The first-order valence-corrected chi connectivity index (χ1v) is 7.21. The molecular formula is C19H21NO2. The van der Waals surface area contributed by atoms with Gasteiger partial charge in [-0.05, 0) is 36.6 Å². The zero-order valence-electron chi connectivity index (χ0n) is 13.3. The van der Waals surface area contributed by atoms with Crippen LogP contribution in [0.3, 0.4) is 0 Å². The van der Waals surface area contributed by atoms with Crippen LogP contribution in [0, 0.1) is 0 Å². The van der Waals surface area contributed by atoms with Gasteiger partial charge in [-0.3, -0.25) is 0 Å². The molecule has 0 saturated heterocycles. The van der Waals surface area contributed by atoms with E-state index in [4.69, 9.17) is 4.74 Å². The zero-order valence-corrected chi connectivity index (χ0v) is 13.3. The van der Waals surface area contributed by atoms with Crippen molar-refractivity contribution < 1.29 is 9.53 Å². The molecule has 2 rings (SSSR count). The summed E-state index contributed by atoms with van der Waals surface area (Å²) < 4.78 is 6.82. The summed E-state index contributed by atoms with van der Waals surface area (Å²) in [6, 6.07) is 5.67. The molecule has 0 aliphatic rings. The van der Waals surface area contributed by atoms with Crippen LogP contribution >= 0.6 is 0 Å². The third kappa shape index (κ3) is 3.19. The Morgan fingerprint density at radius 3 is 2.82 bits per heavy atom. The van der Waals surface area contributed by atoms with Crippen molar-refractivity contribution in [2.45, 2.75) is 13.3 Å². The lowest BCUT2D eigenvalue weighted by molar-refractivity contribution is 0.0601. The molecule has 2 aromatic rings. The maximum Gasteiger partial charge on any atom is 0.337 e. The van der Waals surface area contributed by atoms with Gasteiger partial charge < -0.3 is 9.30 Å². The highest BCUT2D eigenvalue weighted by Crippen LogP contribution is 2.25. The van der Waals surface area contributed by atoms with Crippen LogP contribution in [-0.2, 0) is 18.2 Å². The van der Waals surface area contributed by atoms with Crippen molar-refractivity contribution in [3.05, 3.63) is 72.0 Å². The van der Waals surface area contributed by atoms with Gasteiger partial charge in [-0.1, -0.05) is 36.9 Å². The minimum absolute atomic E-state index is 0.314. The fourth-order valence-electron chi connectivity index (χ4n) is 2.61. The number of carbonyl (C=O) groups is 1. The number of ether oxygens (including phenoxy) is 1. The molecule has 114 valence electrons. The van der Waals surface area contributed by atoms with E-state index in [1.165, 1.54) is 18.2 Å². The summed E-state index contributed by atoms with van der Waals surface area (Å²) in [4.78, 5) is 11.7. The van der Waals surface area contributed by atoms with Gasteiger partial charge in [-0.15, -0.1) is 0 Å². The maximum atomic E-state index is 11.7. The van der Waals surface area contributed by atoms with Crippen LogP contribution < -0.4 is 0 Å². The molecule has 22 heavy (non-hydrogen) atoms. The van der Waals surface area contributed by atoms with Gasteiger partial charge in [0.15, 0.2) is 0 Å². The van der Waals surface area contributed by atoms with Gasteiger partial charge in [0.2, 0.25) is 0 Å². The Bertz CT molecular complexity index is 763. The molecule has 1 aromatic carbocycles. The van der Waals surface area contributed by atoms with Crippen molar-refractivity contribution in [1.82, 2.24) is 4.57 Å². The van der Waals surface area contributed by atoms with Gasteiger partial charge in [-0.2, -0.15) is 0 Å². The lowest BCUT2D eigenvalue weighted by Gasteiger charge is -2.03. The molecule has 0 fully saturated rings. The smallest absolute Gasteiger partial charge is 0.337 e. The summed E-state index contributed by atoms with van der Waals surface area (Å²) in [6.07, 6.45) is 10.9. The number of methoxy groups -OCH3 is 1. The number of fused-ring (bicyclic) bond motifs is 1. The largest absolute Gasteiger partial charge is 0.465 e. The van der Waals surface area contributed by atoms with Crippen molar-refractivity contribution in [3.63, 3.8) is 0 Å². The lowest BCUT2D eigenvalue weighted by Crippen LogP contribution is -2.01. The first kappa shape index (κ1) is 15.8. The van der Waals surface area contributed by atoms with Crippen molar-refractivity contribution in [2.75, 3.05) is 7.11 Å². The molecule has 0 unspecified atom stereocenters. The van der Waals surface area contributed by atoms with Crippen LogP contribution in [0.25, 0.3) is 10.9 Å². The highest BCUT2D eigenvalue weighted by atomic mass is 16.5. The highest BCUT2D eigenvalue weighted by molar-refractivity contribution is 5.95. The minimum Gasteiger partial charge on any atom is -0.465 e. The fourth-order valence-corrected chi connectivity index (χ4v) is 2.61. The molecule has 3 heteroatoms. The second-order valence-electron chi connectivity index (χ2n) is 5.14. The topological polar surface area (TPSA) is 31.2 Å². The Hall–Kier alpha value is -2.55. The number of rotatable bonds is 5. The number of allylic oxidation sites excluding steroid dienone is 5. The number of hydrogen-bond donors (Lipinski definition) is 0. The van der Waals surface area contributed by atoms with Crippen LogP contribution in [0.5, 0.6) is 0 Å². The monoisotopic (exact) mass is 295 g/mol. The van der Waals surface area contributed by atoms with Crippen molar-refractivity contribution in [1.29, 1.82) is 0 Å². The van der Waals surface area contributed by atoms with Crippen molar-refractivity contribution in [2.24, 2.45) is 7.05 Å². The molecular weight excluding hydrogens is 274 g/mol. The lowest BCUT2D eigenvalue weighted by atomic mass is 10.0. The fraction of sp³-hybridized carbons (Fsp3) is 0.211. The molecule has 0 saturated carbocycles. The van der Waals surface area contributed by atoms with Crippen LogP contribution in [0.2, 0.25) is 0 Å². The number of esters is 1. The van der Waals surface area contributed by atoms with Crippen molar-refractivity contribution in [3.8, 4) is 0 Å². The second kappa shape index (κ2) is 6.94. The number of aromatic nitrogens is 1. The van der Waals surface area contributed by atoms with Gasteiger partial charge in [0.1, 0.15) is 0 Å². The molecule has 0 radical (unpaired) electrons. The Kier molecular flexibility index (Phi) is 4.99. The number of hydrogen-bond acceptors (Lipinski definition) is 2. The maximum absolute atomic E-state index is 11.7. The standard InChI is InChI=1S/C19H21NO2/c1-5-7-14(8-6-2)11-16-13-20(3)18-12-15(19(21)22-4)9-10-17(16)18/h5-10,12-13H,1,11H2,2-4H3/b8-6-,14-7+. The Balaban J connectivity index is 2.46. The highest BCUT2D eigenvalue weighted by Gasteiger charge is 2.11. The van der Waals surface area contributed by atoms with E-state index in [9.17, 15) is 4.79 Å². The molecule has 0 amide bonds. The summed E-state index contributed by atoms with van der Waals surface area (Å²) in [7, 11) is 3.38. The van der Waals surface area contributed by atoms with E-state index in [2.05, 4.69) is 18.9 Å². The van der Waals surface area contributed by atoms with Gasteiger partial charge in [0, 0.05) is 24.1 Å². The summed E-state index contributed by atoms with van der Waals surface area (Å²) >= 11 is 0. The Morgan fingerprint density at radius 1 is 1.41 bits per heavy atom. The van der Waals surface area contributed by atoms with E-state index in [1.807, 2.05) is 48.9 Å². The summed E-state index contributed by atoms with van der Waals surface area (Å²) in [5.74, 6) is -0.314. The molecule has 1 aromatic heterocycles. The van der Waals surface area contributed by atoms with Crippen molar-refractivity contribution >= 4 is 16.9 Å². The van der Waals surface area contributed by atoms with E-state index in [0.717, 1.165) is 17.3 Å². The number of carbonyl (C=O) groups excluding carboxylic acids is 1. The molecule has 0 aliphatic carbocycles. The molecule has 0 bridgehead atoms. The quantitative estimate of drug-likeness (QED) is 0.611. The van der Waals surface area contributed by atoms with E-state index in [0.29, 0.717) is 5.56 Å². The Labute approximate surface area is 131 Å². The number of aryl methyl sites for hydroxylation is 1. The third-order valence-electron chi connectivity index (χ3n) is 3.60. The predicted molar refractivity (Wildman–Crippen MR) is 91.1 cm³/mol. The first-order valence-electron chi connectivity index (χ1n) is 7.21. The molecule has 1 heterocycles. The molecule has 0 aliphatic heterocycles. The van der Waals surface area contributed by atoms with Crippen LogP contribution in [0.4, 0.5) is 0 Å². The minimum atomic E-state index is -0.314. The van der Waals surface area contributed by atoms with E-state index >= 15 is 0 Å². The van der Waals surface area contributed by atoms with Gasteiger partial charge in [0.25, 0.3) is 0 Å². The van der Waals surface area contributed by atoms with Gasteiger partial charge >= 0.3 is 5.97 Å². The summed E-state index contributed by atoms with van der Waals surface area (Å²) in [5.41, 5.74) is 4.01. The molecule has 0 spiro atoms. The van der Waals surface area contributed by atoms with Crippen LogP contribution in [-0.4, -0.2) is 17.6 Å². The van der Waals surface area contributed by atoms with Crippen LogP contribution in [0.1, 0.15) is 22.8 Å². The predicted octanol–water partition coefficient (Wildman–Crippen LogP) is 4.20. The average molecular weight is 295 g/mol. The molecule has 3 nitrogen and oxygen atoms in total. The van der Waals surface area contributed by atoms with Crippen LogP contribution in [0.15, 0.2) is 60.9 Å². The Morgan fingerprint density at radius 2 is 2.18 bits per heavy atom. The molecule has 0 atom stereocenters.